The Morgan fingerprint density at radius 3 is 2.29 bits per heavy atom. The number of esters is 1. The molecule has 5 nitrogen and oxygen atoms in total. The van der Waals surface area contributed by atoms with Crippen molar-refractivity contribution in [1.82, 2.24) is 5.16 Å². The minimum Gasteiger partial charge on any atom is -0.508 e. The number of aryl methyl sites for hydroxylation is 1. The number of benzene rings is 3. The van der Waals surface area contributed by atoms with Crippen LogP contribution in [0.25, 0.3) is 28.2 Å². The van der Waals surface area contributed by atoms with Crippen LogP contribution in [-0.4, -0.2) is 22.8 Å². The molecule has 0 radical (unpaired) electrons. The maximum Gasteiger partial charge on any atom is 0.306 e. The van der Waals surface area contributed by atoms with Gasteiger partial charge in [-0.1, -0.05) is 76.9 Å². The predicted octanol–water partition coefficient (Wildman–Crippen LogP) is 9.53. The van der Waals surface area contributed by atoms with Gasteiger partial charge in [0, 0.05) is 22.1 Å². The topological polar surface area (TPSA) is 72.6 Å². The van der Waals surface area contributed by atoms with Crippen molar-refractivity contribution in [1.29, 1.82) is 0 Å². The van der Waals surface area contributed by atoms with Crippen molar-refractivity contribution >= 4 is 34.9 Å². The van der Waals surface area contributed by atoms with Crippen molar-refractivity contribution in [2.75, 3.05) is 6.61 Å². The smallest absolute Gasteiger partial charge is 0.306 e. The number of nitrogens with zero attached hydrogens (tertiary/aromatic N) is 1. The SMILES string of the molecule is CCOC(=O)CC1(c2ccc(-c3ccc(-c4onc(C)c4CCC/C=C(/O)c4ccc(Cl)c(Cl)c4)cc3)cc2)CC1. The summed E-state index contributed by atoms with van der Waals surface area (Å²) in [5.74, 6) is 0.835. The molecule has 3 aromatic carbocycles. The van der Waals surface area contributed by atoms with Crippen LogP contribution in [0, 0.1) is 6.92 Å². The third kappa shape index (κ3) is 6.69. The molecular weight excluding hydrogens is 557 g/mol. The van der Waals surface area contributed by atoms with Gasteiger partial charge >= 0.3 is 5.97 Å². The zero-order valence-electron chi connectivity index (χ0n) is 23.3. The van der Waals surface area contributed by atoms with E-state index in [1.54, 1.807) is 24.3 Å². The van der Waals surface area contributed by atoms with Crippen molar-refractivity contribution < 1.29 is 19.2 Å². The Kier molecular flexibility index (Phi) is 8.86. The highest BCUT2D eigenvalue weighted by molar-refractivity contribution is 6.42. The van der Waals surface area contributed by atoms with Gasteiger partial charge in [-0.3, -0.25) is 4.79 Å². The lowest BCUT2D eigenvalue weighted by atomic mass is 9.90. The van der Waals surface area contributed by atoms with Crippen LogP contribution in [0.3, 0.4) is 0 Å². The molecular formula is C34H33Cl2NO4. The van der Waals surface area contributed by atoms with E-state index in [1.165, 1.54) is 5.56 Å². The van der Waals surface area contributed by atoms with E-state index in [4.69, 9.17) is 32.5 Å². The molecule has 1 aromatic heterocycles. The van der Waals surface area contributed by atoms with Crippen LogP contribution in [0.4, 0.5) is 0 Å². The minimum atomic E-state index is -0.121. The quantitative estimate of drug-likeness (QED) is 0.107. The first-order valence-corrected chi connectivity index (χ1v) is 14.7. The van der Waals surface area contributed by atoms with Crippen molar-refractivity contribution in [3.8, 4) is 22.5 Å². The third-order valence-electron chi connectivity index (χ3n) is 7.79. The van der Waals surface area contributed by atoms with Gasteiger partial charge in [-0.25, -0.2) is 0 Å². The van der Waals surface area contributed by atoms with Crippen LogP contribution >= 0.6 is 23.2 Å². The fourth-order valence-corrected chi connectivity index (χ4v) is 5.54. The summed E-state index contributed by atoms with van der Waals surface area (Å²) >= 11 is 12.0. The van der Waals surface area contributed by atoms with Crippen LogP contribution in [0.15, 0.2) is 77.3 Å². The molecule has 1 N–H and O–H groups in total. The number of unbranched alkanes of at least 4 members (excludes halogenated alkanes) is 1. The Morgan fingerprint density at radius 1 is 1.00 bits per heavy atom. The zero-order valence-corrected chi connectivity index (χ0v) is 24.8. The van der Waals surface area contributed by atoms with E-state index >= 15 is 0 Å². The number of aliphatic hydroxyl groups excluding tert-OH is 1. The van der Waals surface area contributed by atoms with Crippen molar-refractivity contribution in [3.05, 3.63) is 105 Å². The Bertz CT molecular complexity index is 1550. The van der Waals surface area contributed by atoms with Crippen LogP contribution in [0.5, 0.6) is 0 Å². The van der Waals surface area contributed by atoms with Gasteiger partial charge in [-0.15, -0.1) is 0 Å². The van der Waals surface area contributed by atoms with E-state index in [0.717, 1.165) is 59.4 Å². The van der Waals surface area contributed by atoms with E-state index in [1.807, 2.05) is 13.8 Å². The Labute approximate surface area is 250 Å². The van der Waals surface area contributed by atoms with Crippen molar-refractivity contribution in [2.24, 2.45) is 0 Å². The first kappa shape index (κ1) is 29.0. The molecule has 0 aliphatic heterocycles. The van der Waals surface area contributed by atoms with E-state index in [0.29, 0.717) is 35.1 Å². The highest BCUT2D eigenvalue weighted by Crippen LogP contribution is 2.51. The molecule has 1 saturated carbocycles. The van der Waals surface area contributed by atoms with Crippen molar-refractivity contribution in [2.45, 2.75) is 57.8 Å². The molecule has 1 heterocycles. The summed E-state index contributed by atoms with van der Waals surface area (Å²) in [5, 5.41) is 15.5. The predicted molar refractivity (Wildman–Crippen MR) is 164 cm³/mol. The number of aliphatic hydroxyl groups is 1. The van der Waals surface area contributed by atoms with Crippen molar-refractivity contribution in [3.63, 3.8) is 0 Å². The molecule has 41 heavy (non-hydrogen) atoms. The maximum atomic E-state index is 12.1. The Balaban J connectivity index is 1.22. The monoisotopic (exact) mass is 589 g/mol. The van der Waals surface area contributed by atoms with Gasteiger partial charge in [0.25, 0.3) is 0 Å². The lowest BCUT2D eigenvalue weighted by Gasteiger charge is -2.15. The molecule has 5 rings (SSSR count). The van der Waals surface area contributed by atoms with Crippen LogP contribution in [0.2, 0.25) is 10.0 Å². The fourth-order valence-electron chi connectivity index (χ4n) is 5.24. The number of aromatic nitrogens is 1. The van der Waals surface area contributed by atoms with Gasteiger partial charge in [0.15, 0.2) is 5.76 Å². The lowest BCUT2D eigenvalue weighted by Crippen LogP contribution is -2.15. The molecule has 212 valence electrons. The second kappa shape index (κ2) is 12.5. The number of ether oxygens (including phenoxy) is 1. The van der Waals surface area contributed by atoms with Crippen LogP contribution < -0.4 is 0 Å². The maximum absolute atomic E-state index is 12.1. The minimum absolute atomic E-state index is 0.0622. The number of carbonyl (C=O) groups excluding carboxylic acids is 1. The molecule has 7 heteroatoms. The summed E-state index contributed by atoms with van der Waals surface area (Å²) in [7, 11) is 0. The average Bonchev–Trinajstić information content (AvgIpc) is 3.66. The number of rotatable bonds is 11. The highest BCUT2D eigenvalue weighted by Gasteiger charge is 2.46. The third-order valence-corrected chi connectivity index (χ3v) is 8.53. The number of carbonyl (C=O) groups is 1. The van der Waals surface area contributed by atoms with Gasteiger partial charge in [0.05, 0.1) is 28.8 Å². The Morgan fingerprint density at radius 2 is 1.66 bits per heavy atom. The molecule has 0 saturated heterocycles. The first-order valence-electron chi connectivity index (χ1n) is 14.0. The zero-order chi connectivity index (χ0) is 29.0. The summed E-state index contributed by atoms with van der Waals surface area (Å²) in [6.07, 6.45) is 6.56. The van der Waals surface area contributed by atoms with Gasteiger partial charge in [-0.05, 0) is 86.9 Å². The molecule has 0 amide bonds. The van der Waals surface area contributed by atoms with E-state index in [9.17, 15) is 9.90 Å². The summed E-state index contributed by atoms with van der Waals surface area (Å²) in [5.41, 5.74) is 6.92. The van der Waals surface area contributed by atoms with E-state index in [2.05, 4.69) is 53.7 Å². The summed E-state index contributed by atoms with van der Waals surface area (Å²) in [6, 6.07) is 21.9. The standard InChI is InChI=1S/C34H33Cl2NO4/c1-3-40-32(39)21-34(18-19-34)27-15-12-24(13-16-27)23-8-10-25(11-9-23)33-28(22(2)37-41-33)6-4-5-7-31(38)26-14-17-29(35)30(36)20-26/h7-17,20,38H,3-6,18-19,21H2,1-2H3/b31-7+. The fraction of sp³-hybridized carbons (Fsp3) is 0.294. The summed E-state index contributed by atoms with van der Waals surface area (Å²) < 4.78 is 10.9. The average molecular weight is 591 g/mol. The summed E-state index contributed by atoms with van der Waals surface area (Å²) in [6.45, 7) is 4.22. The lowest BCUT2D eigenvalue weighted by molar-refractivity contribution is -0.143. The number of hydrogen-bond acceptors (Lipinski definition) is 5. The molecule has 0 atom stereocenters. The van der Waals surface area contributed by atoms with Gasteiger partial charge in [-0.2, -0.15) is 0 Å². The van der Waals surface area contributed by atoms with Gasteiger partial charge in [0.1, 0.15) is 5.76 Å². The second-order valence-corrected chi connectivity index (χ2v) is 11.4. The van der Waals surface area contributed by atoms with Gasteiger partial charge < -0.3 is 14.4 Å². The van der Waals surface area contributed by atoms with E-state index < -0.39 is 0 Å². The molecule has 4 aromatic rings. The number of hydrogen-bond donors (Lipinski definition) is 1. The molecule has 1 aliphatic carbocycles. The number of allylic oxidation sites excluding steroid dienone is 1. The molecule has 0 bridgehead atoms. The van der Waals surface area contributed by atoms with E-state index in [-0.39, 0.29) is 17.1 Å². The van der Waals surface area contributed by atoms with Crippen LogP contribution in [0.1, 0.15) is 61.4 Å². The normalized spacial score (nSPS) is 14.2. The Hall–Kier alpha value is -3.54. The van der Waals surface area contributed by atoms with Gasteiger partial charge in [0.2, 0.25) is 0 Å². The highest BCUT2D eigenvalue weighted by atomic mass is 35.5. The molecule has 0 unspecified atom stereocenters. The molecule has 1 aliphatic rings. The van der Waals surface area contributed by atoms with Crippen LogP contribution in [-0.2, 0) is 21.4 Å². The molecule has 0 spiro atoms. The summed E-state index contributed by atoms with van der Waals surface area (Å²) in [4.78, 5) is 12.1. The molecule has 1 fully saturated rings. The first-order chi connectivity index (χ1) is 19.8. The largest absolute Gasteiger partial charge is 0.508 e. The second-order valence-electron chi connectivity index (χ2n) is 10.6. The number of halogens is 2.